The Kier molecular flexibility index (Phi) is 7.02. The minimum atomic E-state index is -0.463. The normalized spacial score (nSPS) is 10.6. The first-order chi connectivity index (χ1) is 13.9. The summed E-state index contributed by atoms with van der Waals surface area (Å²) in [6.45, 7) is 1.94. The monoisotopic (exact) mass is 466 g/mol. The first kappa shape index (κ1) is 21.4. The van der Waals surface area contributed by atoms with E-state index in [1.54, 1.807) is 18.2 Å². The topological polar surface area (TPSA) is 83.1 Å². The summed E-state index contributed by atoms with van der Waals surface area (Å²) in [6, 6.07) is 10.0. The Balaban J connectivity index is 1.67. The molecule has 6 nitrogen and oxygen atoms in total. The van der Waals surface area contributed by atoms with Gasteiger partial charge in [-0.1, -0.05) is 41.5 Å². The van der Waals surface area contributed by atoms with Gasteiger partial charge in [0, 0.05) is 17.1 Å². The molecule has 0 spiro atoms. The summed E-state index contributed by atoms with van der Waals surface area (Å²) in [5.74, 6) is -0.525. The average molecular weight is 467 g/mol. The number of benzene rings is 2. The summed E-state index contributed by atoms with van der Waals surface area (Å²) in [4.78, 5) is 28.5. The molecule has 0 aliphatic heterocycles. The molecule has 0 aliphatic carbocycles. The number of aromatic nitrogens is 1. The fourth-order valence-electron chi connectivity index (χ4n) is 2.47. The van der Waals surface area contributed by atoms with Gasteiger partial charge in [-0.2, -0.15) is 0 Å². The van der Waals surface area contributed by atoms with Crippen LogP contribution in [0.5, 0.6) is 0 Å². The van der Waals surface area contributed by atoms with E-state index in [2.05, 4.69) is 20.9 Å². The molecule has 0 atom stereocenters. The molecule has 3 rings (SSSR count). The molecular formula is C19H16Cl2N4O2S2. The molecule has 2 aromatic carbocycles. The first-order valence-corrected chi connectivity index (χ1v) is 10.6. The van der Waals surface area contributed by atoms with Crippen LogP contribution in [0.3, 0.4) is 0 Å². The van der Waals surface area contributed by atoms with Crippen molar-refractivity contribution in [1.29, 1.82) is 0 Å². The first-order valence-electron chi connectivity index (χ1n) is 8.63. The number of nitrogens with zero attached hydrogens (tertiary/aromatic N) is 1. The number of amides is 2. The Labute approximate surface area is 186 Å². The number of thiocarbonyl (C=S) groups is 1. The molecule has 0 bridgehead atoms. The smallest absolute Gasteiger partial charge is 0.258 e. The summed E-state index contributed by atoms with van der Waals surface area (Å²) in [5.41, 5.74) is 1.66. The lowest BCUT2D eigenvalue weighted by atomic mass is 10.2. The number of anilines is 2. The predicted octanol–water partition coefficient (Wildman–Crippen LogP) is 5.47. The quantitative estimate of drug-likeness (QED) is 0.434. The molecule has 0 aliphatic rings. The number of thiazole rings is 1. The molecule has 0 fully saturated rings. The van der Waals surface area contributed by atoms with Crippen molar-refractivity contribution in [1.82, 2.24) is 10.3 Å². The van der Waals surface area contributed by atoms with Crippen LogP contribution in [0.1, 0.15) is 30.1 Å². The van der Waals surface area contributed by atoms with Crippen LogP contribution in [0, 0.1) is 0 Å². The molecule has 10 heteroatoms. The number of hydrogen-bond donors (Lipinski definition) is 3. The molecule has 3 aromatic rings. The van der Waals surface area contributed by atoms with Gasteiger partial charge in [0.2, 0.25) is 5.91 Å². The number of rotatable bonds is 5. The van der Waals surface area contributed by atoms with Crippen molar-refractivity contribution in [3.63, 3.8) is 0 Å². The van der Waals surface area contributed by atoms with Gasteiger partial charge >= 0.3 is 0 Å². The lowest BCUT2D eigenvalue weighted by Crippen LogP contribution is -2.34. The maximum absolute atomic E-state index is 12.4. The lowest BCUT2D eigenvalue weighted by Gasteiger charge is -2.10. The summed E-state index contributed by atoms with van der Waals surface area (Å²) in [5, 5.41) is 9.65. The largest absolute Gasteiger partial charge is 0.332 e. The molecule has 1 aromatic heterocycles. The highest BCUT2D eigenvalue weighted by molar-refractivity contribution is 7.80. The Morgan fingerprint density at radius 1 is 1.14 bits per heavy atom. The summed E-state index contributed by atoms with van der Waals surface area (Å²) >= 11 is 18.5. The van der Waals surface area contributed by atoms with Crippen molar-refractivity contribution >= 4 is 84.7 Å². The average Bonchev–Trinajstić information content (AvgIpc) is 3.05. The minimum Gasteiger partial charge on any atom is -0.332 e. The molecule has 3 N–H and O–H groups in total. The zero-order valence-corrected chi connectivity index (χ0v) is 18.4. The molecule has 2 amide bonds. The number of carbonyl (C=O) groups is 2. The Hall–Kier alpha value is -2.26. The highest BCUT2D eigenvalue weighted by atomic mass is 35.5. The molecule has 150 valence electrons. The van der Waals surface area contributed by atoms with Gasteiger partial charge < -0.3 is 10.6 Å². The summed E-state index contributed by atoms with van der Waals surface area (Å²) < 4.78 is 0.869. The van der Waals surface area contributed by atoms with Gasteiger partial charge in [0.15, 0.2) is 10.2 Å². The fraction of sp³-hybridized carbons (Fsp3) is 0.158. The van der Waals surface area contributed by atoms with Crippen molar-refractivity contribution in [3.8, 4) is 0 Å². The van der Waals surface area contributed by atoms with E-state index in [9.17, 15) is 9.59 Å². The number of hydrogen-bond acceptors (Lipinski definition) is 5. The van der Waals surface area contributed by atoms with Gasteiger partial charge in [0.25, 0.3) is 5.91 Å². The highest BCUT2D eigenvalue weighted by Crippen LogP contribution is 2.28. The van der Waals surface area contributed by atoms with Crippen molar-refractivity contribution < 1.29 is 9.59 Å². The molecule has 0 saturated carbocycles. The van der Waals surface area contributed by atoms with Gasteiger partial charge in [-0.3, -0.25) is 14.9 Å². The number of nitrogens with one attached hydrogen (secondary N) is 3. The van der Waals surface area contributed by atoms with Crippen LogP contribution in [0.15, 0.2) is 36.4 Å². The van der Waals surface area contributed by atoms with Crippen LogP contribution in [0.25, 0.3) is 10.2 Å². The van der Waals surface area contributed by atoms with Crippen LogP contribution in [0.2, 0.25) is 10.0 Å². The highest BCUT2D eigenvalue weighted by Gasteiger charge is 2.13. The Bertz CT molecular complexity index is 1100. The van der Waals surface area contributed by atoms with Crippen molar-refractivity contribution in [2.75, 3.05) is 10.6 Å². The van der Waals surface area contributed by atoms with Crippen molar-refractivity contribution in [3.05, 3.63) is 52.0 Å². The fourth-order valence-corrected chi connectivity index (χ4v) is 3.98. The summed E-state index contributed by atoms with van der Waals surface area (Å²) in [7, 11) is 0. The van der Waals surface area contributed by atoms with Crippen LogP contribution in [-0.2, 0) is 4.79 Å². The van der Waals surface area contributed by atoms with E-state index in [0.29, 0.717) is 22.3 Å². The second-order valence-corrected chi connectivity index (χ2v) is 8.31. The number of halogens is 2. The molecule has 29 heavy (non-hydrogen) atoms. The second kappa shape index (κ2) is 9.49. The van der Waals surface area contributed by atoms with E-state index in [1.165, 1.54) is 17.4 Å². The van der Waals surface area contributed by atoms with E-state index in [4.69, 9.17) is 35.4 Å². The van der Waals surface area contributed by atoms with Crippen LogP contribution < -0.4 is 16.0 Å². The second-order valence-electron chi connectivity index (χ2n) is 6.03. The van der Waals surface area contributed by atoms with Crippen molar-refractivity contribution in [2.24, 2.45) is 0 Å². The molecule has 0 radical (unpaired) electrons. The molecular weight excluding hydrogens is 451 g/mol. The van der Waals surface area contributed by atoms with E-state index in [-0.39, 0.29) is 21.6 Å². The van der Waals surface area contributed by atoms with Gasteiger partial charge in [0.1, 0.15) is 0 Å². The predicted molar refractivity (Wildman–Crippen MR) is 123 cm³/mol. The lowest BCUT2D eigenvalue weighted by molar-refractivity contribution is -0.116. The van der Waals surface area contributed by atoms with Gasteiger partial charge in [-0.15, -0.1) is 0 Å². The Morgan fingerprint density at radius 2 is 1.93 bits per heavy atom. The van der Waals surface area contributed by atoms with Crippen LogP contribution >= 0.6 is 46.8 Å². The third-order valence-corrected chi connectivity index (χ3v) is 5.47. The zero-order chi connectivity index (χ0) is 21.0. The van der Waals surface area contributed by atoms with E-state index in [0.717, 1.165) is 16.6 Å². The van der Waals surface area contributed by atoms with Gasteiger partial charge in [-0.25, -0.2) is 4.98 Å². The maximum atomic E-state index is 12.4. The third-order valence-electron chi connectivity index (χ3n) is 3.77. The Morgan fingerprint density at radius 3 is 2.69 bits per heavy atom. The van der Waals surface area contributed by atoms with Crippen LogP contribution in [0.4, 0.5) is 10.8 Å². The minimum absolute atomic E-state index is 0.0616. The third kappa shape index (κ3) is 5.63. The van der Waals surface area contributed by atoms with Gasteiger partial charge in [-0.05, 0) is 55.0 Å². The van der Waals surface area contributed by atoms with E-state index < -0.39 is 5.91 Å². The van der Waals surface area contributed by atoms with E-state index in [1.807, 2.05) is 19.1 Å². The SMILES string of the molecule is CCCC(=O)Nc1nc2ccc(NC(=S)NC(=O)c3cc(Cl)ccc3Cl)cc2s1. The number of fused-ring (bicyclic) bond motifs is 1. The van der Waals surface area contributed by atoms with Gasteiger partial charge in [0.05, 0.1) is 20.8 Å². The van der Waals surface area contributed by atoms with Crippen LogP contribution in [-0.4, -0.2) is 21.9 Å². The standard InChI is InChI=1S/C19H16Cl2N4O2S2/c1-2-3-16(26)24-19-23-14-7-5-11(9-15(14)29-19)22-18(28)25-17(27)12-8-10(20)4-6-13(12)21/h4-9H,2-3H2,1H3,(H,23,24,26)(H2,22,25,27,28). The van der Waals surface area contributed by atoms with E-state index >= 15 is 0 Å². The van der Waals surface area contributed by atoms with Crippen molar-refractivity contribution in [2.45, 2.75) is 19.8 Å². The number of carbonyl (C=O) groups excluding carboxylic acids is 2. The zero-order valence-electron chi connectivity index (χ0n) is 15.2. The molecule has 0 saturated heterocycles. The molecule has 1 heterocycles. The molecule has 0 unspecified atom stereocenters. The maximum Gasteiger partial charge on any atom is 0.258 e. The summed E-state index contributed by atoms with van der Waals surface area (Å²) in [6.07, 6.45) is 1.22.